The second-order valence-corrected chi connectivity index (χ2v) is 5.67. The second-order valence-electron chi connectivity index (χ2n) is 5.67. The lowest BCUT2D eigenvalue weighted by Crippen LogP contribution is -2.02. The van der Waals surface area contributed by atoms with Gasteiger partial charge in [-0.1, -0.05) is 48.5 Å². The summed E-state index contributed by atoms with van der Waals surface area (Å²) in [7, 11) is 0. The van der Waals surface area contributed by atoms with Crippen molar-refractivity contribution in [1.29, 1.82) is 5.26 Å². The summed E-state index contributed by atoms with van der Waals surface area (Å²) in [6.45, 7) is 0. The van der Waals surface area contributed by atoms with Crippen LogP contribution in [0.5, 0.6) is 0 Å². The van der Waals surface area contributed by atoms with Crippen LogP contribution < -0.4 is 5.43 Å². The Morgan fingerprint density at radius 1 is 0.917 bits per heavy atom. The summed E-state index contributed by atoms with van der Waals surface area (Å²) in [5, 5.41) is 11.7. The molecule has 0 radical (unpaired) electrons. The summed E-state index contributed by atoms with van der Waals surface area (Å²) in [6, 6.07) is 23.0. The molecule has 1 heterocycles. The Morgan fingerprint density at radius 3 is 2.58 bits per heavy atom. The third-order valence-corrected chi connectivity index (χ3v) is 4.14. The van der Waals surface area contributed by atoms with E-state index < -0.39 is 0 Å². The van der Waals surface area contributed by atoms with E-state index in [4.69, 9.17) is 9.68 Å². The molecule has 0 aliphatic rings. The molecule has 0 amide bonds. The lowest BCUT2D eigenvalue weighted by molar-refractivity contribution is 0.615. The predicted molar refractivity (Wildman–Crippen MR) is 94.7 cm³/mol. The highest BCUT2D eigenvalue weighted by atomic mass is 16.3. The molecular weight excluding hydrogens is 298 g/mol. The van der Waals surface area contributed by atoms with Crippen LogP contribution in [0.1, 0.15) is 5.56 Å². The van der Waals surface area contributed by atoms with Crippen LogP contribution in [0.15, 0.2) is 75.9 Å². The molecule has 0 aliphatic heterocycles. The number of hydrogen-bond donors (Lipinski definition) is 0. The molecule has 0 atom stereocenters. The van der Waals surface area contributed by atoms with Gasteiger partial charge in [0.2, 0.25) is 0 Å². The molecule has 1 aromatic heterocycles. The highest BCUT2D eigenvalue weighted by molar-refractivity contribution is 5.87. The maximum atomic E-state index is 12.5. The molecule has 0 unspecified atom stereocenters. The number of para-hydroxylation sites is 1. The summed E-state index contributed by atoms with van der Waals surface area (Å²) >= 11 is 0. The Bertz CT molecular complexity index is 1170. The number of benzene rings is 3. The molecule has 3 aromatic carbocycles. The number of fused-ring (bicyclic) bond motifs is 2. The van der Waals surface area contributed by atoms with Crippen LogP contribution in [0.4, 0.5) is 0 Å². The zero-order valence-electron chi connectivity index (χ0n) is 12.8. The van der Waals surface area contributed by atoms with Crippen LogP contribution in [-0.2, 0) is 6.42 Å². The first-order chi connectivity index (χ1) is 11.8. The summed E-state index contributed by atoms with van der Waals surface area (Å²) in [6.07, 6.45) is 0.210. The molecule has 24 heavy (non-hydrogen) atoms. The molecule has 0 saturated carbocycles. The summed E-state index contributed by atoms with van der Waals surface area (Å²) < 4.78 is 6.01. The van der Waals surface area contributed by atoms with E-state index in [9.17, 15) is 4.79 Å². The number of nitrogens with zero attached hydrogens (tertiary/aromatic N) is 1. The molecule has 0 aliphatic carbocycles. The Hall–Kier alpha value is -3.38. The molecule has 3 nitrogen and oxygen atoms in total. The van der Waals surface area contributed by atoms with E-state index in [1.807, 2.05) is 48.5 Å². The first-order valence-corrected chi connectivity index (χ1v) is 7.68. The maximum absolute atomic E-state index is 12.5. The van der Waals surface area contributed by atoms with Crippen LogP contribution >= 0.6 is 0 Å². The van der Waals surface area contributed by atoms with Gasteiger partial charge in [0.25, 0.3) is 0 Å². The van der Waals surface area contributed by atoms with E-state index in [1.54, 1.807) is 12.1 Å². The van der Waals surface area contributed by atoms with Crippen LogP contribution in [-0.4, -0.2) is 0 Å². The van der Waals surface area contributed by atoms with E-state index in [0.29, 0.717) is 16.7 Å². The fourth-order valence-electron chi connectivity index (χ4n) is 2.94. The highest BCUT2D eigenvalue weighted by Gasteiger charge is 2.10. The standard InChI is InChI=1S/C21H13NO2/c22-11-10-15-6-3-7-18-19(23)13-20(24-21(15)18)17-9-8-14-4-1-2-5-16(14)12-17/h1-9,12-13H,10H2. The number of nitriles is 1. The van der Waals surface area contributed by atoms with Gasteiger partial charge >= 0.3 is 0 Å². The quantitative estimate of drug-likeness (QED) is 0.540. The van der Waals surface area contributed by atoms with E-state index in [-0.39, 0.29) is 11.8 Å². The van der Waals surface area contributed by atoms with Gasteiger partial charge < -0.3 is 4.42 Å². The van der Waals surface area contributed by atoms with Gasteiger partial charge in [-0.3, -0.25) is 4.79 Å². The highest BCUT2D eigenvalue weighted by Crippen LogP contribution is 2.27. The van der Waals surface area contributed by atoms with Crippen LogP contribution in [0.3, 0.4) is 0 Å². The SMILES string of the molecule is N#CCc1cccc2c(=O)cc(-c3ccc4ccccc4c3)oc12. The summed E-state index contributed by atoms with van der Waals surface area (Å²) in [4.78, 5) is 12.5. The lowest BCUT2D eigenvalue weighted by atomic mass is 10.0. The zero-order valence-corrected chi connectivity index (χ0v) is 12.8. The molecule has 114 valence electrons. The van der Waals surface area contributed by atoms with Gasteiger partial charge in [-0.2, -0.15) is 5.26 Å². The molecule has 0 saturated heterocycles. The van der Waals surface area contributed by atoms with Crippen molar-refractivity contribution in [2.24, 2.45) is 0 Å². The molecule has 0 spiro atoms. The normalized spacial score (nSPS) is 10.8. The minimum atomic E-state index is -0.0980. The smallest absolute Gasteiger partial charge is 0.193 e. The first-order valence-electron chi connectivity index (χ1n) is 7.68. The zero-order chi connectivity index (χ0) is 16.5. The van der Waals surface area contributed by atoms with Crippen molar-refractivity contribution in [3.8, 4) is 17.4 Å². The van der Waals surface area contributed by atoms with Gasteiger partial charge in [-0.25, -0.2) is 0 Å². The molecule has 3 heteroatoms. The van der Waals surface area contributed by atoms with Crippen molar-refractivity contribution in [3.05, 3.63) is 82.5 Å². The van der Waals surface area contributed by atoms with E-state index in [1.165, 1.54) is 6.07 Å². The van der Waals surface area contributed by atoms with Gasteiger partial charge in [0.15, 0.2) is 5.43 Å². The molecular formula is C21H13NO2. The Labute approximate surface area is 138 Å². The van der Waals surface area contributed by atoms with E-state index >= 15 is 0 Å². The molecule has 0 fully saturated rings. The summed E-state index contributed by atoms with van der Waals surface area (Å²) in [5.41, 5.74) is 1.98. The Kier molecular flexibility index (Phi) is 3.36. The van der Waals surface area contributed by atoms with Crippen LogP contribution in [0.2, 0.25) is 0 Å². The van der Waals surface area contributed by atoms with Crippen molar-refractivity contribution < 1.29 is 4.42 Å². The van der Waals surface area contributed by atoms with Crippen molar-refractivity contribution in [2.75, 3.05) is 0 Å². The molecule has 4 rings (SSSR count). The minimum Gasteiger partial charge on any atom is -0.455 e. The summed E-state index contributed by atoms with van der Waals surface area (Å²) in [5.74, 6) is 0.517. The van der Waals surface area contributed by atoms with Gasteiger partial charge in [-0.15, -0.1) is 0 Å². The van der Waals surface area contributed by atoms with E-state index in [0.717, 1.165) is 21.9 Å². The largest absolute Gasteiger partial charge is 0.455 e. The predicted octanol–water partition coefficient (Wildman–Crippen LogP) is 4.68. The van der Waals surface area contributed by atoms with Gasteiger partial charge in [-0.05, 0) is 22.9 Å². The molecule has 0 bridgehead atoms. The number of rotatable bonds is 2. The first kappa shape index (κ1) is 14.2. The fourth-order valence-corrected chi connectivity index (χ4v) is 2.94. The topological polar surface area (TPSA) is 54.0 Å². The van der Waals surface area contributed by atoms with Gasteiger partial charge in [0.1, 0.15) is 11.3 Å². The molecule has 4 aromatic rings. The third kappa shape index (κ3) is 2.35. The Balaban J connectivity index is 1.97. The van der Waals surface area contributed by atoms with Crippen molar-refractivity contribution in [3.63, 3.8) is 0 Å². The fraction of sp³-hybridized carbons (Fsp3) is 0.0476. The maximum Gasteiger partial charge on any atom is 0.193 e. The number of hydrogen-bond acceptors (Lipinski definition) is 3. The van der Waals surface area contributed by atoms with Crippen LogP contribution in [0.25, 0.3) is 33.1 Å². The third-order valence-electron chi connectivity index (χ3n) is 4.14. The average Bonchev–Trinajstić information content (AvgIpc) is 2.62. The Morgan fingerprint density at radius 2 is 1.75 bits per heavy atom. The van der Waals surface area contributed by atoms with Gasteiger partial charge in [0, 0.05) is 17.2 Å². The van der Waals surface area contributed by atoms with Gasteiger partial charge in [0.05, 0.1) is 17.9 Å². The van der Waals surface area contributed by atoms with Crippen molar-refractivity contribution >= 4 is 21.7 Å². The van der Waals surface area contributed by atoms with Crippen LogP contribution in [0, 0.1) is 11.3 Å². The van der Waals surface area contributed by atoms with E-state index in [2.05, 4.69) is 6.07 Å². The average molecular weight is 311 g/mol. The molecule has 0 N–H and O–H groups in total. The minimum absolute atomic E-state index is 0.0980. The monoisotopic (exact) mass is 311 g/mol. The second kappa shape index (κ2) is 5.68. The van der Waals surface area contributed by atoms with Crippen molar-refractivity contribution in [2.45, 2.75) is 6.42 Å². The lowest BCUT2D eigenvalue weighted by Gasteiger charge is -2.07. The van der Waals surface area contributed by atoms with Crippen molar-refractivity contribution in [1.82, 2.24) is 0 Å².